The van der Waals surface area contributed by atoms with Gasteiger partial charge >= 0.3 is 0 Å². The minimum Gasteiger partial charge on any atom is -0.330 e. The van der Waals surface area contributed by atoms with Crippen molar-refractivity contribution in [1.29, 1.82) is 0 Å². The molecule has 0 radical (unpaired) electrons. The normalized spacial score (nSPS) is 20.0. The number of nitrogens with zero attached hydrogens (tertiary/aromatic N) is 1. The van der Waals surface area contributed by atoms with Crippen molar-refractivity contribution in [1.82, 2.24) is 4.31 Å². The Labute approximate surface area is 116 Å². The first kappa shape index (κ1) is 15.3. The van der Waals surface area contributed by atoms with Crippen LogP contribution in [-0.4, -0.2) is 32.4 Å². The first-order valence-corrected chi connectivity index (χ1v) is 7.73. The van der Waals surface area contributed by atoms with Gasteiger partial charge < -0.3 is 5.73 Å². The number of piperidine rings is 1. The number of hydrogen-bond acceptors (Lipinski definition) is 3. The fourth-order valence-electron chi connectivity index (χ4n) is 2.67. The lowest BCUT2D eigenvalue weighted by atomic mass is 9.73. The number of halogens is 2. The molecule has 5 nitrogen and oxygen atoms in total. The smallest absolute Gasteiger partial charge is 0.276 e. The number of nitrogens with two attached hydrogens (primary N) is 2. The summed E-state index contributed by atoms with van der Waals surface area (Å²) in [5.41, 5.74) is 5.20. The highest BCUT2D eigenvalue weighted by Crippen LogP contribution is 2.37. The molecule has 1 heterocycles. The van der Waals surface area contributed by atoms with E-state index in [1.54, 1.807) is 0 Å². The third-order valence-corrected chi connectivity index (χ3v) is 5.04. The Morgan fingerprint density at radius 3 is 2.35 bits per heavy atom. The highest BCUT2D eigenvalue weighted by Gasteiger charge is 2.39. The van der Waals surface area contributed by atoms with Gasteiger partial charge in [0.25, 0.3) is 10.2 Å². The van der Waals surface area contributed by atoms with E-state index in [2.05, 4.69) is 0 Å². The Morgan fingerprint density at radius 1 is 1.25 bits per heavy atom. The quantitative estimate of drug-likeness (QED) is 0.850. The summed E-state index contributed by atoms with van der Waals surface area (Å²) in [6.45, 7) is 0.407. The lowest BCUT2D eigenvalue weighted by Gasteiger charge is -2.40. The molecule has 8 heteroatoms. The molecule has 1 aromatic rings. The van der Waals surface area contributed by atoms with Crippen LogP contribution in [0, 0.1) is 11.6 Å². The maximum absolute atomic E-state index is 14.0. The summed E-state index contributed by atoms with van der Waals surface area (Å²) >= 11 is 0. The van der Waals surface area contributed by atoms with Crippen LogP contribution < -0.4 is 10.9 Å². The second-order valence-electron chi connectivity index (χ2n) is 5.03. The highest BCUT2D eigenvalue weighted by atomic mass is 32.2. The Morgan fingerprint density at radius 2 is 1.85 bits per heavy atom. The summed E-state index contributed by atoms with van der Waals surface area (Å²) in [6, 6.07) is 3.97. The van der Waals surface area contributed by atoms with E-state index >= 15 is 0 Å². The molecule has 0 aromatic heterocycles. The minimum absolute atomic E-state index is 0.117. The molecule has 0 atom stereocenters. The van der Waals surface area contributed by atoms with Crippen molar-refractivity contribution in [2.75, 3.05) is 19.6 Å². The second-order valence-corrected chi connectivity index (χ2v) is 6.58. The Balaban J connectivity index is 2.32. The van der Waals surface area contributed by atoms with Crippen LogP contribution in [0.3, 0.4) is 0 Å². The fraction of sp³-hybridized carbons (Fsp3) is 0.500. The third kappa shape index (κ3) is 2.69. The summed E-state index contributed by atoms with van der Waals surface area (Å²) in [4.78, 5) is 0. The average molecular weight is 305 g/mol. The summed E-state index contributed by atoms with van der Waals surface area (Å²) in [7, 11) is -3.76. The van der Waals surface area contributed by atoms with Gasteiger partial charge in [-0.1, -0.05) is 12.1 Å². The molecule has 0 unspecified atom stereocenters. The zero-order valence-corrected chi connectivity index (χ0v) is 11.7. The predicted molar refractivity (Wildman–Crippen MR) is 71.0 cm³/mol. The van der Waals surface area contributed by atoms with E-state index < -0.39 is 27.3 Å². The van der Waals surface area contributed by atoms with E-state index in [4.69, 9.17) is 10.9 Å². The van der Waals surface area contributed by atoms with Crippen LogP contribution in [0.15, 0.2) is 18.2 Å². The third-order valence-electron chi connectivity index (χ3n) is 3.95. The first-order valence-electron chi connectivity index (χ1n) is 6.22. The lowest BCUT2D eigenvalue weighted by Crippen LogP contribution is -2.50. The number of rotatable bonds is 3. The molecule has 4 N–H and O–H groups in total. The maximum Gasteiger partial charge on any atom is 0.276 e. The maximum atomic E-state index is 14.0. The van der Waals surface area contributed by atoms with E-state index in [0.29, 0.717) is 12.8 Å². The zero-order valence-electron chi connectivity index (χ0n) is 10.9. The highest BCUT2D eigenvalue weighted by molar-refractivity contribution is 7.86. The van der Waals surface area contributed by atoms with Gasteiger partial charge in [-0.2, -0.15) is 12.7 Å². The van der Waals surface area contributed by atoms with Gasteiger partial charge in [0.05, 0.1) is 0 Å². The van der Waals surface area contributed by atoms with Crippen LogP contribution in [0.5, 0.6) is 0 Å². The molecule has 1 aromatic carbocycles. The van der Waals surface area contributed by atoms with E-state index in [1.807, 2.05) is 0 Å². The molecule has 20 heavy (non-hydrogen) atoms. The van der Waals surface area contributed by atoms with Gasteiger partial charge in [-0.3, -0.25) is 0 Å². The molecule has 0 aliphatic carbocycles. The summed E-state index contributed by atoms with van der Waals surface area (Å²) in [5, 5.41) is 5.07. The Bertz CT molecular complexity index is 599. The van der Waals surface area contributed by atoms with Crippen molar-refractivity contribution in [2.24, 2.45) is 10.9 Å². The van der Waals surface area contributed by atoms with Crippen molar-refractivity contribution in [3.63, 3.8) is 0 Å². The fourth-order valence-corrected chi connectivity index (χ4v) is 3.36. The SMILES string of the molecule is NCC1(c2cccc(F)c2F)CCN(S(N)(=O)=O)CC1. The average Bonchev–Trinajstić information content (AvgIpc) is 2.41. The van der Waals surface area contributed by atoms with E-state index in [1.165, 1.54) is 12.1 Å². The van der Waals surface area contributed by atoms with Gasteiger partial charge in [0.1, 0.15) is 0 Å². The molecule has 1 aliphatic heterocycles. The monoisotopic (exact) mass is 305 g/mol. The number of hydrogen-bond donors (Lipinski definition) is 2. The summed E-state index contributed by atoms with van der Waals surface area (Å²) in [5.74, 6) is -1.84. The van der Waals surface area contributed by atoms with Crippen LogP contribution in [0.25, 0.3) is 0 Å². The van der Waals surface area contributed by atoms with Gasteiger partial charge in [-0.25, -0.2) is 13.9 Å². The van der Waals surface area contributed by atoms with Gasteiger partial charge in [-0.05, 0) is 24.5 Å². The van der Waals surface area contributed by atoms with Crippen LogP contribution in [-0.2, 0) is 15.6 Å². The molecule has 1 saturated heterocycles. The van der Waals surface area contributed by atoms with Crippen molar-refractivity contribution >= 4 is 10.2 Å². The van der Waals surface area contributed by atoms with Gasteiger partial charge in [0.2, 0.25) is 0 Å². The molecular formula is C12H17F2N3O2S. The van der Waals surface area contributed by atoms with Gasteiger partial charge in [0.15, 0.2) is 11.6 Å². The first-order chi connectivity index (χ1) is 9.30. The molecule has 2 rings (SSSR count). The largest absolute Gasteiger partial charge is 0.330 e. The van der Waals surface area contributed by atoms with Crippen LogP contribution in [0.1, 0.15) is 18.4 Å². The van der Waals surface area contributed by atoms with Crippen molar-refractivity contribution in [3.8, 4) is 0 Å². The van der Waals surface area contributed by atoms with Crippen molar-refractivity contribution in [3.05, 3.63) is 35.4 Å². The molecule has 1 fully saturated rings. The molecule has 0 saturated carbocycles. The van der Waals surface area contributed by atoms with E-state index in [9.17, 15) is 17.2 Å². The topological polar surface area (TPSA) is 89.4 Å². The molecule has 0 spiro atoms. The van der Waals surface area contributed by atoms with Gasteiger partial charge in [-0.15, -0.1) is 0 Å². The molecule has 0 bridgehead atoms. The lowest BCUT2D eigenvalue weighted by molar-refractivity contribution is 0.231. The molecular weight excluding hydrogens is 288 g/mol. The van der Waals surface area contributed by atoms with Crippen molar-refractivity contribution in [2.45, 2.75) is 18.3 Å². The summed E-state index contributed by atoms with van der Waals surface area (Å²) < 4.78 is 51.0. The van der Waals surface area contributed by atoms with Crippen LogP contribution >= 0.6 is 0 Å². The van der Waals surface area contributed by atoms with Crippen molar-refractivity contribution < 1.29 is 17.2 Å². The Hall–Kier alpha value is -1.09. The zero-order chi connectivity index (χ0) is 15.0. The molecule has 112 valence electrons. The summed E-state index contributed by atoms with van der Waals surface area (Å²) in [6.07, 6.45) is 0.612. The Kier molecular flexibility index (Phi) is 4.10. The van der Waals surface area contributed by atoms with E-state index in [0.717, 1.165) is 10.4 Å². The minimum atomic E-state index is -3.76. The predicted octanol–water partition coefficient (Wildman–Crippen LogP) is 0.461. The standard InChI is InChI=1S/C12H17F2N3O2S/c13-10-3-1-2-9(11(10)14)12(8-15)4-6-17(7-5-12)20(16,18)19/h1-3H,4-8,15H2,(H2,16,18,19). The van der Waals surface area contributed by atoms with Crippen LogP contribution in [0.4, 0.5) is 8.78 Å². The van der Waals surface area contributed by atoms with E-state index in [-0.39, 0.29) is 25.2 Å². The van der Waals surface area contributed by atoms with Gasteiger partial charge in [0, 0.05) is 25.0 Å². The second kappa shape index (κ2) is 5.36. The number of benzene rings is 1. The molecule has 0 amide bonds. The molecule has 1 aliphatic rings. The van der Waals surface area contributed by atoms with Crippen LogP contribution in [0.2, 0.25) is 0 Å².